The predicted octanol–water partition coefficient (Wildman–Crippen LogP) is 3.18. The van der Waals surface area contributed by atoms with Crippen molar-refractivity contribution in [3.05, 3.63) is 49.0 Å². The highest BCUT2D eigenvalue weighted by molar-refractivity contribution is 5.24. The van der Waals surface area contributed by atoms with E-state index in [2.05, 4.69) is 13.2 Å². The number of hydrogen-bond acceptors (Lipinski definition) is 1. The van der Waals surface area contributed by atoms with Gasteiger partial charge in [-0.2, -0.15) is 0 Å². The number of ether oxygens (including phenoxy) is 1. The fourth-order valence-electron chi connectivity index (χ4n) is 0.556. The van der Waals surface area contributed by atoms with E-state index < -0.39 is 0 Å². The van der Waals surface area contributed by atoms with E-state index in [0.717, 1.165) is 11.3 Å². The molecule has 1 nitrogen and oxygen atoms in total. The van der Waals surface area contributed by atoms with Crippen LogP contribution in [0.15, 0.2) is 49.0 Å². The van der Waals surface area contributed by atoms with Crippen molar-refractivity contribution in [2.75, 3.05) is 0 Å². The van der Waals surface area contributed by atoms with E-state index in [1.54, 1.807) is 0 Å². The van der Waals surface area contributed by atoms with Gasteiger partial charge in [-0.15, -0.1) is 0 Å². The molecule has 0 aliphatic rings. The fourth-order valence-corrected chi connectivity index (χ4v) is 0.556. The van der Waals surface area contributed by atoms with Gasteiger partial charge in [0.2, 0.25) is 0 Å². The molecular formula is C10H14O. The van der Waals surface area contributed by atoms with Gasteiger partial charge in [-0.1, -0.05) is 25.3 Å². The third-order valence-electron chi connectivity index (χ3n) is 1.07. The second kappa shape index (κ2) is 5.54. The Morgan fingerprint density at radius 2 is 2.09 bits per heavy atom. The largest absolute Gasteiger partial charge is 0.465 e. The van der Waals surface area contributed by atoms with E-state index in [4.69, 9.17) is 4.74 Å². The van der Waals surface area contributed by atoms with Crippen LogP contribution in [0.3, 0.4) is 0 Å². The Bertz CT molecular complexity index is 197. The van der Waals surface area contributed by atoms with E-state index in [1.165, 1.54) is 6.26 Å². The maximum atomic E-state index is 5.08. The van der Waals surface area contributed by atoms with E-state index >= 15 is 0 Å². The Balaban J connectivity index is 4.31. The van der Waals surface area contributed by atoms with Gasteiger partial charge < -0.3 is 4.74 Å². The molecule has 0 rings (SSSR count). The summed E-state index contributed by atoms with van der Waals surface area (Å²) in [5, 5.41) is 0. The molecule has 0 aromatic rings. The lowest BCUT2D eigenvalue weighted by Gasteiger charge is -2.02. The lowest BCUT2D eigenvalue weighted by atomic mass is 10.2. The average molecular weight is 150 g/mol. The minimum Gasteiger partial charge on any atom is -0.465 e. The van der Waals surface area contributed by atoms with E-state index in [-0.39, 0.29) is 0 Å². The zero-order valence-corrected chi connectivity index (χ0v) is 7.13. The monoisotopic (exact) mass is 150 g/mol. The fraction of sp³-hybridized carbons (Fsp3) is 0.200. The highest BCUT2D eigenvalue weighted by Gasteiger charge is 1.93. The molecule has 0 N–H and O–H groups in total. The molecule has 60 valence electrons. The van der Waals surface area contributed by atoms with Crippen molar-refractivity contribution >= 4 is 0 Å². The van der Waals surface area contributed by atoms with Crippen LogP contribution in [0.25, 0.3) is 0 Å². The first-order chi connectivity index (χ1) is 5.22. The zero-order valence-electron chi connectivity index (χ0n) is 7.13. The first kappa shape index (κ1) is 9.76. The van der Waals surface area contributed by atoms with Crippen molar-refractivity contribution in [1.29, 1.82) is 0 Å². The first-order valence-electron chi connectivity index (χ1n) is 3.48. The van der Waals surface area contributed by atoms with Gasteiger partial charge in [-0.25, -0.2) is 0 Å². The first-order valence-corrected chi connectivity index (χ1v) is 3.48. The summed E-state index contributed by atoms with van der Waals surface area (Å²) >= 11 is 0. The Kier molecular flexibility index (Phi) is 4.91. The summed E-state index contributed by atoms with van der Waals surface area (Å²) in [5.41, 5.74) is 0.892. The topological polar surface area (TPSA) is 9.23 Å². The Morgan fingerprint density at radius 1 is 1.45 bits per heavy atom. The van der Waals surface area contributed by atoms with Crippen molar-refractivity contribution in [2.24, 2.45) is 0 Å². The summed E-state index contributed by atoms with van der Waals surface area (Å²) in [5.74, 6) is 0.748. The Labute approximate surface area is 68.4 Å². The molecule has 0 amide bonds. The maximum Gasteiger partial charge on any atom is 0.128 e. The van der Waals surface area contributed by atoms with Crippen LogP contribution in [0.1, 0.15) is 13.8 Å². The summed E-state index contributed by atoms with van der Waals surface area (Å²) in [6.45, 7) is 11.0. The Hall–Kier alpha value is -1.24. The molecule has 0 saturated heterocycles. The molecular weight excluding hydrogens is 136 g/mol. The zero-order chi connectivity index (χ0) is 8.69. The van der Waals surface area contributed by atoms with E-state index in [1.807, 2.05) is 32.1 Å². The third kappa shape index (κ3) is 4.20. The molecule has 0 aromatic heterocycles. The second-order valence-electron chi connectivity index (χ2n) is 2.12. The second-order valence-corrected chi connectivity index (χ2v) is 2.12. The standard InChI is InChI=1S/C10H14O/c1-5-7-8-10(9(3)4)11-6-2/h5-8H,2-3H2,1,4H3. The summed E-state index contributed by atoms with van der Waals surface area (Å²) in [7, 11) is 0. The minimum absolute atomic E-state index is 0.748. The summed E-state index contributed by atoms with van der Waals surface area (Å²) < 4.78 is 5.08. The van der Waals surface area contributed by atoms with Gasteiger partial charge in [-0.05, 0) is 25.5 Å². The molecule has 0 spiro atoms. The highest BCUT2D eigenvalue weighted by Crippen LogP contribution is 2.08. The van der Waals surface area contributed by atoms with Crippen LogP contribution in [0.5, 0.6) is 0 Å². The van der Waals surface area contributed by atoms with Gasteiger partial charge in [0, 0.05) is 0 Å². The minimum atomic E-state index is 0.748. The third-order valence-corrected chi connectivity index (χ3v) is 1.07. The molecule has 0 aliphatic heterocycles. The van der Waals surface area contributed by atoms with Crippen LogP contribution in [0.2, 0.25) is 0 Å². The predicted molar refractivity (Wildman–Crippen MR) is 49.0 cm³/mol. The van der Waals surface area contributed by atoms with Gasteiger partial charge in [0.25, 0.3) is 0 Å². The van der Waals surface area contributed by atoms with Crippen LogP contribution in [0, 0.1) is 0 Å². The molecule has 0 aliphatic carbocycles. The van der Waals surface area contributed by atoms with Crippen molar-refractivity contribution < 1.29 is 4.74 Å². The van der Waals surface area contributed by atoms with Crippen LogP contribution in [0.4, 0.5) is 0 Å². The molecule has 0 bridgehead atoms. The smallest absolute Gasteiger partial charge is 0.128 e. The van der Waals surface area contributed by atoms with Gasteiger partial charge in [0.15, 0.2) is 0 Å². The van der Waals surface area contributed by atoms with E-state index in [0.29, 0.717) is 0 Å². The molecule has 0 heterocycles. The van der Waals surface area contributed by atoms with Crippen LogP contribution >= 0.6 is 0 Å². The number of rotatable bonds is 4. The van der Waals surface area contributed by atoms with E-state index in [9.17, 15) is 0 Å². The van der Waals surface area contributed by atoms with Crippen molar-refractivity contribution in [2.45, 2.75) is 13.8 Å². The SMILES string of the molecule is C=COC(=CC=CC)C(=C)C. The van der Waals surface area contributed by atoms with Crippen LogP contribution < -0.4 is 0 Å². The molecule has 11 heavy (non-hydrogen) atoms. The van der Waals surface area contributed by atoms with Crippen molar-refractivity contribution in [3.63, 3.8) is 0 Å². The summed E-state index contributed by atoms with van der Waals surface area (Å²) in [6.07, 6.45) is 7.07. The van der Waals surface area contributed by atoms with Gasteiger partial charge >= 0.3 is 0 Å². The maximum absolute atomic E-state index is 5.08. The highest BCUT2D eigenvalue weighted by atomic mass is 16.5. The molecule has 0 atom stereocenters. The van der Waals surface area contributed by atoms with Gasteiger partial charge in [-0.3, -0.25) is 0 Å². The number of hydrogen-bond donors (Lipinski definition) is 0. The summed E-state index contributed by atoms with van der Waals surface area (Å²) in [4.78, 5) is 0. The lowest BCUT2D eigenvalue weighted by Crippen LogP contribution is -1.84. The molecule has 0 fully saturated rings. The van der Waals surface area contributed by atoms with Crippen molar-refractivity contribution in [1.82, 2.24) is 0 Å². The van der Waals surface area contributed by atoms with Crippen molar-refractivity contribution in [3.8, 4) is 0 Å². The van der Waals surface area contributed by atoms with Crippen LogP contribution in [-0.4, -0.2) is 0 Å². The summed E-state index contributed by atoms with van der Waals surface area (Å²) in [6, 6.07) is 0. The molecule has 0 unspecified atom stereocenters. The quantitative estimate of drug-likeness (QED) is 0.441. The van der Waals surface area contributed by atoms with Crippen LogP contribution in [-0.2, 0) is 4.74 Å². The van der Waals surface area contributed by atoms with Gasteiger partial charge in [0.1, 0.15) is 5.76 Å². The average Bonchev–Trinajstić information content (AvgIpc) is 1.97. The number of allylic oxidation sites excluding steroid dienone is 4. The molecule has 0 aromatic carbocycles. The Morgan fingerprint density at radius 3 is 2.45 bits per heavy atom. The normalized spacial score (nSPS) is 11.6. The molecule has 1 heteroatoms. The molecule has 0 saturated carbocycles. The lowest BCUT2D eigenvalue weighted by molar-refractivity contribution is 0.363. The van der Waals surface area contributed by atoms with Gasteiger partial charge in [0.05, 0.1) is 6.26 Å². The molecule has 0 radical (unpaired) electrons.